The number of carbonyl (C=O) groups excluding carboxylic acids is 2. The summed E-state index contributed by atoms with van der Waals surface area (Å²) in [5.74, 6) is -0.918. The average Bonchev–Trinajstić information content (AvgIpc) is 2.40. The summed E-state index contributed by atoms with van der Waals surface area (Å²) in [6, 6.07) is 3.81. The van der Waals surface area contributed by atoms with Gasteiger partial charge in [-0.05, 0) is 24.6 Å². The van der Waals surface area contributed by atoms with Crippen LogP contribution in [-0.4, -0.2) is 24.2 Å². The predicted octanol–water partition coefficient (Wildman–Crippen LogP) is 2.13. The largest absolute Gasteiger partial charge is 0.396 e. The van der Waals surface area contributed by atoms with E-state index >= 15 is 0 Å². The van der Waals surface area contributed by atoms with Crippen molar-refractivity contribution in [3.63, 3.8) is 0 Å². The minimum atomic E-state index is -0.521. The minimum Gasteiger partial charge on any atom is -0.396 e. The van der Waals surface area contributed by atoms with Crippen LogP contribution in [0.5, 0.6) is 0 Å². The lowest BCUT2D eigenvalue weighted by Gasteiger charge is -2.06. The minimum absolute atomic E-state index is 0.0323. The molecule has 0 aromatic heterocycles. The first-order chi connectivity index (χ1) is 9.52. The molecule has 7 heteroatoms. The Labute approximate surface area is 121 Å². The van der Waals surface area contributed by atoms with Gasteiger partial charge in [0.1, 0.15) is 5.82 Å². The number of benzene rings is 1. The molecule has 0 saturated carbocycles. The molecule has 1 aromatic carbocycles. The molecule has 0 saturated heterocycles. The summed E-state index contributed by atoms with van der Waals surface area (Å²) in [5.41, 5.74) is 5.42. The van der Waals surface area contributed by atoms with E-state index in [1.807, 2.05) is 6.92 Å². The highest BCUT2D eigenvalue weighted by atomic mass is 32.2. The topological polar surface area (TPSA) is 84.2 Å². The number of anilines is 1. The highest BCUT2D eigenvalue weighted by Crippen LogP contribution is 2.21. The van der Waals surface area contributed by atoms with Crippen LogP contribution in [-0.2, 0) is 4.79 Å². The molecule has 20 heavy (non-hydrogen) atoms. The molecule has 0 bridgehead atoms. The number of rotatable bonds is 6. The van der Waals surface area contributed by atoms with Crippen molar-refractivity contribution in [1.29, 1.82) is 0 Å². The third-order valence-corrected chi connectivity index (χ3v) is 3.40. The summed E-state index contributed by atoms with van der Waals surface area (Å²) in [7, 11) is 0. The summed E-state index contributed by atoms with van der Waals surface area (Å²) in [6.45, 7) is 2.54. The maximum atomic E-state index is 13.2. The Morgan fingerprint density at radius 1 is 1.40 bits per heavy atom. The summed E-state index contributed by atoms with van der Waals surface area (Å²) in [5, 5.41) is 4.78. The second-order valence-corrected chi connectivity index (χ2v) is 5.18. The summed E-state index contributed by atoms with van der Waals surface area (Å²) >= 11 is 1.13. The second-order valence-electron chi connectivity index (χ2n) is 4.13. The fraction of sp³-hybridized carbons (Fsp3) is 0.385. The molecule has 0 atom stereocenters. The van der Waals surface area contributed by atoms with Crippen LogP contribution < -0.4 is 16.4 Å². The highest BCUT2D eigenvalue weighted by Gasteiger charge is 2.08. The van der Waals surface area contributed by atoms with Gasteiger partial charge in [0.2, 0.25) is 5.91 Å². The quantitative estimate of drug-likeness (QED) is 0.427. The Morgan fingerprint density at radius 3 is 2.80 bits per heavy atom. The van der Waals surface area contributed by atoms with Crippen LogP contribution in [0.25, 0.3) is 0 Å². The number of halogens is 1. The van der Waals surface area contributed by atoms with E-state index in [1.54, 1.807) is 6.07 Å². The van der Waals surface area contributed by atoms with Gasteiger partial charge in [0, 0.05) is 11.4 Å². The molecule has 1 aromatic rings. The van der Waals surface area contributed by atoms with Gasteiger partial charge in [0.25, 0.3) is 0 Å². The number of nitrogen functional groups attached to an aromatic ring is 1. The van der Waals surface area contributed by atoms with Crippen LogP contribution in [0.3, 0.4) is 0 Å². The van der Waals surface area contributed by atoms with Crippen LogP contribution >= 0.6 is 11.8 Å². The van der Waals surface area contributed by atoms with E-state index in [-0.39, 0.29) is 11.4 Å². The fourth-order valence-electron chi connectivity index (χ4n) is 1.33. The van der Waals surface area contributed by atoms with Crippen LogP contribution in [0.1, 0.15) is 19.8 Å². The standard InChI is InChI=1S/C13H18FN3O2S/c1-2-3-6-16-13(19)17-12(18)8-20-9-4-5-11(15)10(14)7-9/h4-5,7H,2-3,6,8,15H2,1H3,(H2,16,17,18,19). The zero-order valence-corrected chi connectivity index (χ0v) is 12.1. The van der Waals surface area contributed by atoms with Crippen LogP contribution in [0.15, 0.2) is 23.1 Å². The van der Waals surface area contributed by atoms with Crippen LogP contribution in [0, 0.1) is 5.82 Å². The van der Waals surface area contributed by atoms with E-state index in [2.05, 4.69) is 10.6 Å². The van der Waals surface area contributed by atoms with Crippen molar-refractivity contribution in [2.45, 2.75) is 24.7 Å². The first kappa shape index (κ1) is 16.3. The molecule has 3 amide bonds. The zero-order chi connectivity index (χ0) is 15.0. The van der Waals surface area contributed by atoms with E-state index in [4.69, 9.17) is 5.73 Å². The predicted molar refractivity (Wildman–Crippen MR) is 78.0 cm³/mol. The first-order valence-corrected chi connectivity index (χ1v) is 7.27. The number of nitrogens with two attached hydrogens (primary N) is 1. The number of carbonyl (C=O) groups is 2. The number of amides is 3. The Morgan fingerprint density at radius 2 is 2.15 bits per heavy atom. The molecule has 110 valence electrons. The van der Waals surface area contributed by atoms with E-state index in [0.29, 0.717) is 11.4 Å². The molecule has 0 aliphatic rings. The lowest BCUT2D eigenvalue weighted by Crippen LogP contribution is -2.40. The Kier molecular flexibility index (Phi) is 6.86. The monoisotopic (exact) mass is 299 g/mol. The van der Waals surface area contributed by atoms with Gasteiger partial charge >= 0.3 is 6.03 Å². The Hall–Kier alpha value is -1.76. The maximum Gasteiger partial charge on any atom is 0.321 e. The molecule has 0 fully saturated rings. The molecule has 4 N–H and O–H groups in total. The van der Waals surface area contributed by atoms with E-state index < -0.39 is 17.8 Å². The van der Waals surface area contributed by atoms with E-state index in [9.17, 15) is 14.0 Å². The van der Waals surface area contributed by atoms with Gasteiger partial charge in [0.15, 0.2) is 0 Å². The number of urea groups is 1. The number of hydrogen-bond acceptors (Lipinski definition) is 4. The number of hydrogen-bond donors (Lipinski definition) is 3. The first-order valence-electron chi connectivity index (χ1n) is 6.28. The lowest BCUT2D eigenvalue weighted by molar-refractivity contribution is -0.117. The van der Waals surface area contributed by atoms with E-state index in [1.165, 1.54) is 12.1 Å². The molecule has 5 nitrogen and oxygen atoms in total. The third-order valence-electron chi connectivity index (χ3n) is 2.41. The van der Waals surface area contributed by atoms with Crippen molar-refractivity contribution in [2.75, 3.05) is 18.0 Å². The van der Waals surface area contributed by atoms with Crippen molar-refractivity contribution in [3.8, 4) is 0 Å². The molecule has 0 heterocycles. The van der Waals surface area contributed by atoms with Crippen molar-refractivity contribution in [1.82, 2.24) is 10.6 Å². The smallest absolute Gasteiger partial charge is 0.321 e. The highest BCUT2D eigenvalue weighted by molar-refractivity contribution is 8.00. The molecule has 0 radical (unpaired) electrons. The lowest BCUT2D eigenvalue weighted by atomic mass is 10.3. The van der Waals surface area contributed by atoms with Gasteiger partial charge in [-0.25, -0.2) is 9.18 Å². The van der Waals surface area contributed by atoms with Crippen molar-refractivity contribution in [2.24, 2.45) is 0 Å². The van der Waals surface area contributed by atoms with Gasteiger partial charge in [0.05, 0.1) is 11.4 Å². The van der Waals surface area contributed by atoms with E-state index in [0.717, 1.165) is 24.6 Å². The molecular formula is C13H18FN3O2S. The molecule has 0 aliphatic heterocycles. The van der Waals surface area contributed by atoms with Crippen molar-refractivity contribution in [3.05, 3.63) is 24.0 Å². The summed E-state index contributed by atoms with van der Waals surface area (Å²) in [6.07, 6.45) is 1.83. The molecule has 0 unspecified atom stereocenters. The SMILES string of the molecule is CCCCNC(=O)NC(=O)CSc1ccc(N)c(F)c1. The van der Waals surface area contributed by atoms with Crippen molar-refractivity contribution >= 4 is 29.4 Å². The molecular weight excluding hydrogens is 281 g/mol. The van der Waals surface area contributed by atoms with Crippen molar-refractivity contribution < 1.29 is 14.0 Å². The molecule has 0 aliphatic carbocycles. The second kappa shape index (κ2) is 8.42. The fourth-order valence-corrected chi connectivity index (χ4v) is 2.05. The van der Waals surface area contributed by atoms with Crippen LogP contribution in [0.2, 0.25) is 0 Å². The number of nitrogens with one attached hydrogen (secondary N) is 2. The van der Waals surface area contributed by atoms with Crippen LogP contribution in [0.4, 0.5) is 14.9 Å². The number of thioether (sulfide) groups is 1. The Bertz CT molecular complexity index is 483. The third kappa shape index (κ3) is 5.92. The molecule has 1 rings (SSSR count). The molecule has 0 spiro atoms. The normalized spacial score (nSPS) is 10.1. The van der Waals surface area contributed by atoms with Gasteiger partial charge in [-0.3, -0.25) is 10.1 Å². The van der Waals surface area contributed by atoms with Gasteiger partial charge < -0.3 is 11.1 Å². The maximum absolute atomic E-state index is 13.2. The summed E-state index contributed by atoms with van der Waals surface area (Å²) in [4.78, 5) is 23.4. The number of unbranched alkanes of at least 4 members (excludes halogenated alkanes) is 1. The number of imide groups is 1. The van der Waals surface area contributed by atoms with Gasteiger partial charge in [-0.2, -0.15) is 0 Å². The van der Waals surface area contributed by atoms with Gasteiger partial charge in [-0.15, -0.1) is 11.8 Å². The zero-order valence-electron chi connectivity index (χ0n) is 11.2. The Balaban J connectivity index is 2.32. The average molecular weight is 299 g/mol. The van der Waals surface area contributed by atoms with Gasteiger partial charge in [-0.1, -0.05) is 13.3 Å². The summed E-state index contributed by atoms with van der Waals surface area (Å²) < 4.78 is 13.2.